The average molecular weight is 848 g/mol. The van der Waals surface area contributed by atoms with Gasteiger partial charge in [0.05, 0.1) is 22.7 Å². The maximum absolute atomic E-state index is 15.3. The summed E-state index contributed by atoms with van der Waals surface area (Å²) in [6, 6.07) is 5.31. The molecule has 4 aromatic rings. The molecule has 320 valence electrons. The van der Waals surface area contributed by atoms with Crippen LogP contribution < -0.4 is 16.4 Å². The van der Waals surface area contributed by atoms with Crippen molar-refractivity contribution in [2.75, 3.05) is 31.9 Å². The van der Waals surface area contributed by atoms with Crippen molar-refractivity contribution >= 4 is 29.4 Å². The molecule has 2 aromatic heterocycles. The van der Waals surface area contributed by atoms with Crippen LogP contribution in [0.1, 0.15) is 51.5 Å². The molecule has 2 amide bonds. The van der Waals surface area contributed by atoms with Gasteiger partial charge in [-0.25, -0.2) is 22.5 Å². The molecule has 2 aromatic carbocycles. The summed E-state index contributed by atoms with van der Waals surface area (Å²) in [6.07, 6.45) is -1.98. The van der Waals surface area contributed by atoms with Gasteiger partial charge in [0.1, 0.15) is 47.1 Å². The molecular formula is C40H49F4N7O7S. The molecule has 3 heterocycles. The largest absolute Gasteiger partial charge is 0.508 e. The fourth-order valence-electron chi connectivity index (χ4n) is 7.13. The topological polar surface area (TPSA) is 208 Å². The van der Waals surface area contributed by atoms with Crippen LogP contribution in [-0.4, -0.2) is 107 Å². The van der Waals surface area contributed by atoms with E-state index < -0.39 is 70.7 Å². The first-order valence-electron chi connectivity index (χ1n) is 18.9. The molecule has 1 saturated heterocycles. The second-order valence-electron chi connectivity index (χ2n) is 15.4. The Hall–Kier alpha value is -5.11. The molecule has 1 aliphatic rings. The van der Waals surface area contributed by atoms with Crippen molar-refractivity contribution < 1.29 is 52.4 Å². The van der Waals surface area contributed by atoms with E-state index in [1.54, 1.807) is 13.8 Å². The number of carbonyl (C=O) groups excluding carboxylic acids is 3. The van der Waals surface area contributed by atoms with Crippen molar-refractivity contribution in [3.05, 3.63) is 77.5 Å². The number of aliphatic hydroxyl groups is 1. The number of aromatic nitrogens is 3. The predicted octanol–water partition coefficient (Wildman–Crippen LogP) is 3.98. The van der Waals surface area contributed by atoms with Gasteiger partial charge in [0, 0.05) is 86.7 Å². The van der Waals surface area contributed by atoms with E-state index in [1.165, 1.54) is 41.6 Å². The predicted molar refractivity (Wildman–Crippen MR) is 211 cm³/mol. The van der Waals surface area contributed by atoms with Gasteiger partial charge in [0.25, 0.3) is 5.91 Å². The number of hydrogen-bond acceptors (Lipinski definition) is 11. The number of carbonyl (C=O) groups is 3. The highest BCUT2D eigenvalue weighted by Crippen LogP contribution is 2.43. The average Bonchev–Trinajstić information content (AvgIpc) is 3.82. The molecule has 0 saturated carbocycles. The molecule has 0 bridgehead atoms. The third kappa shape index (κ3) is 10.9. The van der Waals surface area contributed by atoms with Gasteiger partial charge in [-0.2, -0.15) is 0 Å². The molecule has 14 nitrogen and oxygen atoms in total. The molecule has 5 rings (SSSR count). The fraction of sp³-hybridized carbons (Fsp3) is 0.450. The van der Waals surface area contributed by atoms with Crippen molar-refractivity contribution in [1.82, 2.24) is 29.7 Å². The Kier molecular flexibility index (Phi) is 14.4. The molecule has 0 spiro atoms. The second-order valence-corrected chi connectivity index (χ2v) is 16.5. The van der Waals surface area contributed by atoms with Gasteiger partial charge in [-0.15, -0.1) is 11.8 Å². The monoisotopic (exact) mass is 847 g/mol. The third-order valence-corrected chi connectivity index (χ3v) is 11.3. The summed E-state index contributed by atoms with van der Waals surface area (Å²) in [5.41, 5.74) is 4.33. The van der Waals surface area contributed by atoms with E-state index in [9.17, 15) is 43.6 Å². The Morgan fingerprint density at radius 1 is 1.08 bits per heavy atom. The maximum atomic E-state index is 15.3. The molecule has 0 radical (unpaired) electrons. The number of nitrogens with two attached hydrogens (primary N) is 1. The maximum Gasteiger partial charge on any atom is 0.251 e. The Morgan fingerprint density at radius 3 is 2.46 bits per heavy atom. The van der Waals surface area contributed by atoms with Crippen LogP contribution in [0.15, 0.2) is 53.6 Å². The van der Waals surface area contributed by atoms with Gasteiger partial charge >= 0.3 is 0 Å². The highest BCUT2D eigenvalue weighted by Gasteiger charge is 2.45. The van der Waals surface area contributed by atoms with E-state index in [0.717, 1.165) is 46.7 Å². The number of nitrogens with zero attached hydrogens (tertiary/aromatic N) is 4. The van der Waals surface area contributed by atoms with Gasteiger partial charge < -0.3 is 46.3 Å². The molecule has 8 N–H and O–H groups in total. The lowest BCUT2D eigenvalue weighted by Gasteiger charge is -2.43. The summed E-state index contributed by atoms with van der Waals surface area (Å²) in [5, 5.41) is 47.9. The molecular weight excluding hydrogens is 799 g/mol. The number of thioether (sulfide) groups is 1. The molecule has 5 atom stereocenters. The van der Waals surface area contributed by atoms with Crippen LogP contribution in [0.25, 0.3) is 11.3 Å². The molecule has 5 unspecified atom stereocenters. The van der Waals surface area contributed by atoms with Crippen molar-refractivity contribution in [3.8, 4) is 28.8 Å². The number of rotatable bonds is 18. The number of phenols is 1. The Balaban J connectivity index is 1.53. The van der Waals surface area contributed by atoms with E-state index in [-0.39, 0.29) is 96.5 Å². The van der Waals surface area contributed by atoms with Crippen LogP contribution in [0.2, 0.25) is 0 Å². The van der Waals surface area contributed by atoms with Gasteiger partial charge in [-0.1, -0.05) is 13.8 Å². The highest BCUT2D eigenvalue weighted by atomic mass is 32.2. The van der Waals surface area contributed by atoms with Gasteiger partial charge in [-0.05, 0) is 49.7 Å². The Morgan fingerprint density at radius 2 is 1.81 bits per heavy atom. The van der Waals surface area contributed by atoms with Crippen LogP contribution >= 0.6 is 11.8 Å². The first kappa shape index (κ1) is 45.0. The second kappa shape index (κ2) is 18.9. The quantitative estimate of drug-likeness (QED) is 0.0563. The zero-order valence-electron chi connectivity index (χ0n) is 33.0. The minimum Gasteiger partial charge on any atom is -0.508 e. The summed E-state index contributed by atoms with van der Waals surface area (Å²) in [7, 11) is 0. The number of benzene rings is 2. The van der Waals surface area contributed by atoms with Crippen molar-refractivity contribution in [3.63, 3.8) is 0 Å². The van der Waals surface area contributed by atoms with Crippen LogP contribution in [0.3, 0.4) is 0 Å². The van der Waals surface area contributed by atoms with E-state index in [0.29, 0.717) is 0 Å². The summed E-state index contributed by atoms with van der Waals surface area (Å²) in [5.74, 6) is -5.63. The molecule has 1 fully saturated rings. The number of imidazole rings is 1. The summed E-state index contributed by atoms with van der Waals surface area (Å²) < 4.78 is 62.2. The van der Waals surface area contributed by atoms with Crippen LogP contribution in [0.5, 0.6) is 17.5 Å². The van der Waals surface area contributed by atoms with Gasteiger partial charge in [0.15, 0.2) is 5.88 Å². The summed E-state index contributed by atoms with van der Waals surface area (Å²) >= 11 is 1.07. The lowest BCUT2D eigenvalue weighted by molar-refractivity contribution is -0.147. The standard InChI is InChI=1S/C40H49F4N7O7S/c1-21(52)31(45)20-59-33-13-35(56)50(39(33)58)8-7-47-34(55)14-40(3,4)36(51(38(57)22(2)53)18-24-15-46-16-30(24)44)37-48-32(28-12-25(41)5-6-29(28)43)19-49(37)17-23-9-26(42)11-27(54)10-23/h5-6,9-13,19,22,24,30-31,36,46,53-54,56,58H,7-8,14-18,20,45H2,1-4H3,(H,47,55). The van der Waals surface area contributed by atoms with E-state index >= 15 is 8.78 Å². The zero-order chi connectivity index (χ0) is 43.3. The van der Waals surface area contributed by atoms with E-state index in [4.69, 9.17) is 10.7 Å². The zero-order valence-corrected chi connectivity index (χ0v) is 33.8. The number of ketones is 1. The summed E-state index contributed by atoms with van der Waals surface area (Å²) in [4.78, 5) is 45.6. The third-order valence-electron chi connectivity index (χ3n) is 10.2. The minimum absolute atomic E-state index is 0.00252. The van der Waals surface area contributed by atoms with Gasteiger partial charge in [-0.3, -0.25) is 19.0 Å². The fourth-order valence-corrected chi connectivity index (χ4v) is 8.15. The number of halogens is 4. The number of alkyl halides is 1. The highest BCUT2D eigenvalue weighted by molar-refractivity contribution is 7.99. The van der Waals surface area contributed by atoms with Crippen molar-refractivity contribution in [2.24, 2.45) is 17.1 Å². The number of nitrogens with one attached hydrogen (secondary N) is 2. The Labute approximate surface area is 342 Å². The molecule has 59 heavy (non-hydrogen) atoms. The molecule has 1 aliphatic heterocycles. The minimum atomic E-state index is -1.61. The normalized spacial score (nSPS) is 17.1. The smallest absolute Gasteiger partial charge is 0.251 e. The first-order chi connectivity index (χ1) is 27.7. The molecule has 19 heteroatoms. The lowest BCUT2D eigenvalue weighted by Crippen LogP contribution is -2.50. The number of phenolic OH excluding ortho intramolecular Hbond substituents is 1. The van der Waals surface area contributed by atoms with E-state index in [2.05, 4.69) is 10.6 Å². The summed E-state index contributed by atoms with van der Waals surface area (Å²) in [6.45, 7) is 5.37. The number of aliphatic hydroxyl groups excluding tert-OH is 1. The number of aromatic hydroxyl groups is 3. The van der Waals surface area contributed by atoms with E-state index in [1.807, 2.05) is 0 Å². The number of amides is 2. The first-order valence-corrected chi connectivity index (χ1v) is 19.9. The van der Waals surface area contributed by atoms with Crippen LogP contribution in [-0.2, 0) is 27.5 Å². The molecule has 0 aliphatic carbocycles. The van der Waals surface area contributed by atoms with Crippen molar-refractivity contribution in [1.29, 1.82) is 0 Å². The SMILES string of the molecule is CC(=O)C(N)CSc1cc(O)n(CCNC(=O)CC(C)(C)C(c2nc(-c3cc(F)ccc3F)cn2Cc2cc(O)cc(F)c2)N(CC2CNCC2F)C(=O)C(C)O)c1O. The van der Waals surface area contributed by atoms with Gasteiger partial charge in [0.2, 0.25) is 11.8 Å². The lowest BCUT2D eigenvalue weighted by atomic mass is 9.78. The van der Waals surface area contributed by atoms with Crippen molar-refractivity contribution in [2.45, 2.75) is 76.5 Å². The van der Waals surface area contributed by atoms with Crippen LogP contribution in [0, 0.1) is 28.8 Å². The van der Waals surface area contributed by atoms with Crippen LogP contribution in [0.4, 0.5) is 17.6 Å². The Bertz CT molecular complexity index is 2140. The number of Topliss-reactive ketones (excluding diaryl/α,β-unsaturated/α-hetero) is 1. The number of hydrogen-bond donors (Lipinski definition) is 7.